The van der Waals surface area contributed by atoms with Crippen LogP contribution in [0.3, 0.4) is 0 Å². The average Bonchev–Trinajstić information content (AvgIpc) is 3.27. The zero-order chi connectivity index (χ0) is 26.7. The van der Waals surface area contributed by atoms with Crippen LogP contribution in [0, 0.1) is 5.92 Å². The van der Waals surface area contributed by atoms with Crippen LogP contribution in [0.15, 0.2) is 12.5 Å². The highest BCUT2D eigenvalue weighted by Crippen LogP contribution is 2.09. The second-order valence-corrected chi connectivity index (χ2v) is 7.99. The molecule has 0 aliphatic heterocycles. The van der Waals surface area contributed by atoms with Gasteiger partial charge < -0.3 is 42.6 Å². The summed E-state index contributed by atoms with van der Waals surface area (Å²) in [7, 11) is 0. The van der Waals surface area contributed by atoms with Crippen LogP contribution in [0.25, 0.3) is 0 Å². The van der Waals surface area contributed by atoms with E-state index in [9.17, 15) is 33.9 Å². The average molecular weight is 498 g/mol. The number of nitrogens with one attached hydrogen (secondary N) is 4. The molecule has 0 bridgehead atoms. The van der Waals surface area contributed by atoms with Crippen LogP contribution in [0.2, 0.25) is 0 Å². The van der Waals surface area contributed by atoms with Gasteiger partial charge in [-0.1, -0.05) is 20.3 Å². The molecule has 0 spiro atoms. The molecular weight excluding hydrogens is 466 g/mol. The van der Waals surface area contributed by atoms with Gasteiger partial charge in [-0.15, -0.1) is 0 Å². The number of aromatic amines is 1. The smallest absolute Gasteiger partial charge is 0.326 e. The number of aromatic nitrogens is 2. The molecule has 1 rings (SSSR count). The third-order valence-corrected chi connectivity index (χ3v) is 5.16. The zero-order valence-electron chi connectivity index (χ0n) is 19.3. The molecule has 5 atom stereocenters. The third kappa shape index (κ3) is 9.79. The van der Waals surface area contributed by atoms with Gasteiger partial charge in [0.15, 0.2) is 0 Å². The summed E-state index contributed by atoms with van der Waals surface area (Å²) >= 11 is 0. The first-order valence-corrected chi connectivity index (χ1v) is 10.7. The molecule has 0 aromatic carbocycles. The lowest BCUT2D eigenvalue weighted by Crippen LogP contribution is -2.58. The van der Waals surface area contributed by atoms with Gasteiger partial charge in [0.2, 0.25) is 23.6 Å². The Kier molecular flexibility index (Phi) is 11.3. The summed E-state index contributed by atoms with van der Waals surface area (Å²) < 4.78 is 0. The molecule has 15 heteroatoms. The molecule has 1 aromatic heterocycles. The van der Waals surface area contributed by atoms with E-state index in [4.69, 9.17) is 16.6 Å². The molecule has 0 saturated carbocycles. The molecule has 1 heterocycles. The summed E-state index contributed by atoms with van der Waals surface area (Å²) in [5.74, 6) is -6.83. The molecule has 1 aromatic rings. The predicted molar refractivity (Wildman–Crippen MR) is 119 cm³/mol. The highest BCUT2D eigenvalue weighted by atomic mass is 16.4. The SMILES string of the molecule is CCC(C)C(NC(=O)C(Cc1cnc[nH]1)NC(=O)C(CC(N)=O)NC(=O)C(N)CC(=O)O)C(=O)O. The number of rotatable bonds is 15. The number of primary amides is 1. The van der Waals surface area contributed by atoms with Gasteiger partial charge >= 0.3 is 11.9 Å². The first-order chi connectivity index (χ1) is 16.3. The second kappa shape index (κ2) is 13.6. The molecule has 4 amide bonds. The van der Waals surface area contributed by atoms with Gasteiger partial charge in [0.1, 0.15) is 18.1 Å². The number of carbonyl (C=O) groups excluding carboxylic acids is 4. The van der Waals surface area contributed by atoms with Gasteiger partial charge in [0.25, 0.3) is 0 Å². The lowest BCUT2D eigenvalue weighted by Gasteiger charge is -2.26. The number of carboxylic acid groups (broad SMARTS) is 2. The predicted octanol–water partition coefficient (Wildman–Crippen LogP) is -2.79. The second-order valence-electron chi connectivity index (χ2n) is 7.99. The summed E-state index contributed by atoms with van der Waals surface area (Å²) in [5, 5.41) is 25.2. The number of H-pyrrole nitrogens is 1. The molecule has 0 aliphatic carbocycles. The van der Waals surface area contributed by atoms with E-state index in [0.29, 0.717) is 12.1 Å². The molecular formula is C20H31N7O8. The summed E-state index contributed by atoms with van der Waals surface area (Å²) in [6.45, 7) is 3.39. The van der Waals surface area contributed by atoms with Crippen LogP contribution in [-0.2, 0) is 35.2 Å². The molecule has 0 saturated heterocycles. The number of imidazole rings is 1. The summed E-state index contributed by atoms with van der Waals surface area (Å²) in [5.41, 5.74) is 11.1. The fourth-order valence-electron chi connectivity index (χ4n) is 3.00. The van der Waals surface area contributed by atoms with Gasteiger partial charge in [-0.25, -0.2) is 9.78 Å². The number of amides is 4. The third-order valence-electron chi connectivity index (χ3n) is 5.16. The number of nitrogens with zero attached hydrogens (tertiary/aromatic N) is 1. The lowest BCUT2D eigenvalue weighted by molar-refractivity contribution is -0.144. The number of hydrogen-bond acceptors (Lipinski definition) is 8. The molecule has 0 fully saturated rings. The quantitative estimate of drug-likeness (QED) is 0.123. The molecule has 35 heavy (non-hydrogen) atoms. The largest absolute Gasteiger partial charge is 0.481 e. The van der Waals surface area contributed by atoms with Crippen molar-refractivity contribution in [3.63, 3.8) is 0 Å². The van der Waals surface area contributed by atoms with Crippen molar-refractivity contribution < 1.29 is 39.0 Å². The molecule has 10 N–H and O–H groups in total. The maximum atomic E-state index is 12.9. The van der Waals surface area contributed by atoms with Gasteiger partial charge in [0.05, 0.1) is 25.2 Å². The molecule has 5 unspecified atom stereocenters. The maximum absolute atomic E-state index is 12.9. The highest BCUT2D eigenvalue weighted by Gasteiger charge is 2.33. The van der Waals surface area contributed by atoms with E-state index in [0.717, 1.165) is 0 Å². The number of nitrogens with two attached hydrogens (primary N) is 2. The topological polar surface area (TPSA) is 260 Å². The van der Waals surface area contributed by atoms with Crippen LogP contribution < -0.4 is 27.4 Å². The Morgan fingerprint density at radius 2 is 1.60 bits per heavy atom. The summed E-state index contributed by atoms with van der Waals surface area (Å²) in [6.07, 6.45) is 1.67. The first kappa shape index (κ1) is 29.0. The highest BCUT2D eigenvalue weighted by molar-refractivity contribution is 5.96. The summed E-state index contributed by atoms with van der Waals surface area (Å²) in [6, 6.07) is -5.63. The lowest BCUT2D eigenvalue weighted by atomic mass is 9.98. The molecule has 0 radical (unpaired) electrons. The Morgan fingerprint density at radius 1 is 1.00 bits per heavy atom. The van der Waals surface area contributed by atoms with Crippen LogP contribution in [-0.4, -0.2) is 79.9 Å². The normalized spacial score (nSPS) is 15.1. The minimum absolute atomic E-state index is 0.125. The van der Waals surface area contributed by atoms with Gasteiger partial charge in [-0.05, 0) is 5.92 Å². The monoisotopic (exact) mass is 497 g/mol. The standard InChI is InChI=1S/C20H31N7O8/c1-3-9(2)16(20(34)35)27-19(33)12(4-10-7-23-8-24-10)26-18(32)13(6-14(22)28)25-17(31)11(21)5-15(29)30/h7-9,11-13,16H,3-6,21H2,1-2H3,(H2,22,28)(H,23,24)(H,25,31)(H,26,32)(H,27,33)(H,29,30)(H,34,35). The van der Waals surface area contributed by atoms with Crippen LogP contribution in [0.1, 0.15) is 38.8 Å². The van der Waals surface area contributed by atoms with Crippen LogP contribution in [0.5, 0.6) is 0 Å². The van der Waals surface area contributed by atoms with E-state index in [1.807, 2.05) is 0 Å². The Bertz CT molecular complexity index is 921. The number of carboxylic acids is 2. The maximum Gasteiger partial charge on any atom is 0.326 e. The van der Waals surface area contributed by atoms with Gasteiger partial charge in [-0.3, -0.25) is 24.0 Å². The van der Waals surface area contributed by atoms with Crippen molar-refractivity contribution in [2.45, 2.75) is 63.7 Å². The zero-order valence-corrected chi connectivity index (χ0v) is 19.3. The molecule has 194 valence electrons. The van der Waals surface area contributed by atoms with E-state index >= 15 is 0 Å². The van der Waals surface area contributed by atoms with Gasteiger partial charge in [-0.2, -0.15) is 0 Å². The minimum Gasteiger partial charge on any atom is -0.481 e. The first-order valence-electron chi connectivity index (χ1n) is 10.7. The van der Waals surface area contributed by atoms with Crippen molar-refractivity contribution in [3.8, 4) is 0 Å². The van der Waals surface area contributed by atoms with Crippen molar-refractivity contribution in [1.29, 1.82) is 0 Å². The number of aliphatic carboxylic acids is 2. The van der Waals surface area contributed by atoms with E-state index in [2.05, 4.69) is 25.9 Å². The number of carbonyl (C=O) groups is 6. The van der Waals surface area contributed by atoms with E-state index in [-0.39, 0.29) is 6.42 Å². The van der Waals surface area contributed by atoms with Crippen LogP contribution >= 0.6 is 0 Å². The Hall–Kier alpha value is -4.01. The Labute approximate surface area is 200 Å². The van der Waals surface area contributed by atoms with Crippen molar-refractivity contribution in [2.75, 3.05) is 0 Å². The van der Waals surface area contributed by atoms with Crippen molar-refractivity contribution in [2.24, 2.45) is 17.4 Å². The van der Waals surface area contributed by atoms with Crippen molar-refractivity contribution in [1.82, 2.24) is 25.9 Å². The molecule has 15 nitrogen and oxygen atoms in total. The van der Waals surface area contributed by atoms with Gasteiger partial charge in [0, 0.05) is 18.3 Å². The van der Waals surface area contributed by atoms with E-state index in [1.165, 1.54) is 12.5 Å². The fraction of sp³-hybridized carbons (Fsp3) is 0.550. The Morgan fingerprint density at radius 3 is 2.09 bits per heavy atom. The van der Waals surface area contributed by atoms with Crippen LogP contribution in [0.4, 0.5) is 0 Å². The van der Waals surface area contributed by atoms with Crippen molar-refractivity contribution >= 4 is 35.6 Å². The summed E-state index contributed by atoms with van der Waals surface area (Å²) in [4.78, 5) is 78.5. The fourth-order valence-corrected chi connectivity index (χ4v) is 3.00. The van der Waals surface area contributed by atoms with E-state index in [1.54, 1.807) is 13.8 Å². The Balaban J connectivity index is 3.10. The van der Waals surface area contributed by atoms with E-state index < -0.39 is 78.5 Å². The minimum atomic E-state index is -1.57. The van der Waals surface area contributed by atoms with Crippen molar-refractivity contribution in [3.05, 3.63) is 18.2 Å². The number of hydrogen-bond donors (Lipinski definition) is 8. The molecule has 0 aliphatic rings.